The summed E-state index contributed by atoms with van der Waals surface area (Å²) < 4.78 is 11.3. The van der Waals surface area contributed by atoms with Crippen molar-refractivity contribution in [2.75, 3.05) is 6.26 Å². The van der Waals surface area contributed by atoms with E-state index in [1.165, 1.54) is 0 Å². The molecule has 5 nitrogen and oxygen atoms in total. The Morgan fingerprint density at radius 1 is 1.21 bits per heavy atom. The number of amides is 1. The molecule has 6 heteroatoms. The van der Waals surface area contributed by atoms with Crippen LogP contribution in [0.15, 0.2) is 24.3 Å². The van der Waals surface area contributed by atoms with Crippen molar-refractivity contribution in [2.24, 2.45) is 5.92 Å². The van der Waals surface area contributed by atoms with Crippen molar-refractivity contribution in [2.45, 2.75) is 50.3 Å². The largest absolute Gasteiger partial charge is 0.481 e. The first-order chi connectivity index (χ1) is 11.5. The van der Waals surface area contributed by atoms with Gasteiger partial charge in [0.05, 0.1) is 5.92 Å². The number of benzene rings is 1. The highest BCUT2D eigenvalue weighted by molar-refractivity contribution is 7.83. The molecule has 1 aromatic rings. The van der Waals surface area contributed by atoms with Crippen LogP contribution in [0.3, 0.4) is 0 Å². The van der Waals surface area contributed by atoms with E-state index in [2.05, 4.69) is 5.32 Å². The van der Waals surface area contributed by atoms with Crippen molar-refractivity contribution in [1.29, 1.82) is 0 Å². The van der Waals surface area contributed by atoms with Gasteiger partial charge in [-0.3, -0.25) is 13.8 Å². The minimum Gasteiger partial charge on any atom is -0.481 e. The lowest BCUT2D eigenvalue weighted by Gasteiger charge is -2.27. The zero-order valence-electron chi connectivity index (χ0n) is 14.0. The number of carboxylic acid groups (broad SMARTS) is 1. The Morgan fingerprint density at radius 2 is 1.92 bits per heavy atom. The maximum absolute atomic E-state index is 12.5. The summed E-state index contributed by atoms with van der Waals surface area (Å²) in [6, 6.07) is 6.71. The van der Waals surface area contributed by atoms with Crippen LogP contribution < -0.4 is 5.32 Å². The van der Waals surface area contributed by atoms with E-state index in [0.29, 0.717) is 24.2 Å². The number of hydrogen-bond donors (Lipinski definition) is 2. The van der Waals surface area contributed by atoms with Gasteiger partial charge in [-0.25, -0.2) is 0 Å². The minimum absolute atomic E-state index is 0.254. The van der Waals surface area contributed by atoms with Gasteiger partial charge in [0.2, 0.25) is 0 Å². The third-order valence-electron chi connectivity index (χ3n) is 4.46. The number of aliphatic carboxylic acids is 1. The Kier molecular flexibility index (Phi) is 6.97. The summed E-state index contributed by atoms with van der Waals surface area (Å²) in [5.41, 5.74) is 1.33. The minimum atomic E-state index is -0.970. The second kappa shape index (κ2) is 8.97. The molecular weight excluding hydrogens is 326 g/mol. The van der Waals surface area contributed by atoms with Crippen molar-refractivity contribution >= 4 is 22.7 Å². The number of rotatable bonds is 5. The molecule has 0 aromatic heterocycles. The molecule has 0 spiro atoms. The first-order valence-corrected chi connectivity index (χ1v) is 10.1. The first kappa shape index (κ1) is 18.6. The lowest BCUT2D eigenvalue weighted by molar-refractivity contribution is -0.143. The van der Waals surface area contributed by atoms with Crippen LogP contribution in [-0.2, 0) is 21.3 Å². The fourth-order valence-corrected chi connectivity index (χ4v) is 3.89. The van der Waals surface area contributed by atoms with Crippen LogP contribution in [0.2, 0.25) is 0 Å². The average molecular weight is 351 g/mol. The number of carboxylic acids is 1. The number of carbonyl (C=O) groups excluding carboxylic acids is 1. The maximum atomic E-state index is 12.5. The molecule has 0 radical (unpaired) electrons. The molecule has 2 rings (SSSR count). The molecule has 1 aromatic carbocycles. The SMILES string of the molecule is CS(=O)Cc1cccc(C(=O)NC2CCCCCCC2C(=O)O)c1. The lowest BCUT2D eigenvalue weighted by Crippen LogP contribution is -2.43. The van der Waals surface area contributed by atoms with E-state index in [-0.39, 0.29) is 11.9 Å². The normalized spacial score (nSPS) is 22.9. The number of carbonyl (C=O) groups is 2. The fraction of sp³-hybridized carbons (Fsp3) is 0.556. The van der Waals surface area contributed by atoms with Gasteiger partial charge in [-0.2, -0.15) is 0 Å². The summed E-state index contributed by atoms with van der Waals surface area (Å²) >= 11 is 0. The molecule has 0 aliphatic heterocycles. The maximum Gasteiger partial charge on any atom is 0.308 e. The van der Waals surface area contributed by atoms with Crippen molar-refractivity contribution in [1.82, 2.24) is 5.32 Å². The molecule has 1 aliphatic carbocycles. The van der Waals surface area contributed by atoms with Crippen LogP contribution in [-0.4, -0.2) is 33.5 Å². The molecule has 1 amide bonds. The molecule has 2 N–H and O–H groups in total. The van der Waals surface area contributed by atoms with Gasteiger partial charge in [0.1, 0.15) is 0 Å². The molecule has 0 saturated heterocycles. The van der Waals surface area contributed by atoms with Gasteiger partial charge in [0.25, 0.3) is 5.91 Å². The van der Waals surface area contributed by atoms with Gasteiger partial charge in [0, 0.05) is 34.4 Å². The Labute approximate surface area is 145 Å². The molecule has 3 unspecified atom stereocenters. The fourth-order valence-electron chi connectivity index (χ4n) is 3.24. The van der Waals surface area contributed by atoms with Crippen LogP contribution in [0.5, 0.6) is 0 Å². The van der Waals surface area contributed by atoms with E-state index in [1.807, 2.05) is 6.07 Å². The molecule has 0 heterocycles. The van der Waals surface area contributed by atoms with E-state index < -0.39 is 22.7 Å². The van der Waals surface area contributed by atoms with Crippen molar-refractivity contribution in [3.8, 4) is 0 Å². The number of nitrogens with one attached hydrogen (secondary N) is 1. The zero-order chi connectivity index (χ0) is 17.5. The second-order valence-corrected chi connectivity index (χ2v) is 7.87. The van der Waals surface area contributed by atoms with Gasteiger partial charge < -0.3 is 10.4 Å². The van der Waals surface area contributed by atoms with E-state index in [4.69, 9.17) is 0 Å². The van der Waals surface area contributed by atoms with Crippen LogP contribution in [0.1, 0.15) is 54.4 Å². The van der Waals surface area contributed by atoms with Crippen LogP contribution in [0, 0.1) is 5.92 Å². The van der Waals surface area contributed by atoms with Crippen molar-refractivity contribution in [3.05, 3.63) is 35.4 Å². The topological polar surface area (TPSA) is 83.5 Å². The quantitative estimate of drug-likeness (QED) is 0.854. The first-order valence-electron chi connectivity index (χ1n) is 8.40. The standard InChI is InChI=1S/C18H25NO4S/c1-24(23)12-13-7-6-8-14(11-13)17(20)19-16-10-5-3-2-4-9-15(16)18(21)22/h6-8,11,15-16H,2-5,9-10,12H2,1H3,(H,19,20)(H,21,22). The average Bonchev–Trinajstić information content (AvgIpc) is 2.49. The number of hydrogen-bond acceptors (Lipinski definition) is 3. The van der Waals surface area contributed by atoms with Crippen LogP contribution in [0.25, 0.3) is 0 Å². The van der Waals surface area contributed by atoms with E-state index in [0.717, 1.165) is 31.2 Å². The predicted octanol–water partition coefficient (Wildman–Crippen LogP) is 2.72. The summed E-state index contributed by atoms with van der Waals surface area (Å²) in [7, 11) is -0.970. The Bertz CT molecular complexity index is 617. The third-order valence-corrected chi connectivity index (χ3v) is 5.20. The van der Waals surface area contributed by atoms with Crippen molar-refractivity contribution < 1.29 is 18.9 Å². The summed E-state index contributed by atoms with van der Waals surface area (Å²) in [6.45, 7) is 0. The zero-order valence-corrected chi connectivity index (χ0v) is 14.8. The van der Waals surface area contributed by atoms with E-state index in [9.17, 15) is 18.9 Å². The molecule has 0 bridgehead atoms. The molecule has 132 valence electrons. The van der Waals surface area contributed by atoms with Gasteiger partial charge in [-0.05, 0) is 30.5 Å². The van der Waals surface area contributed by atoms with Crippen molar-refractivity contribution in [3.63, 3.8) is 0 Å². The predicted molar refractivity (Wildman–Crippen MR) is 94.3 cm³/mol. The van der Waals surface area contributed by atoms with E-state index >= 15 is 0 Å². The Hall–Kier alpha value is -1.69. The van der Waals surface area contributed by atoms with Crippen LogP contribution in [0.4, 0.5) is 0 Å². The summed E-state index contributed by atoms with van der Waals surface area (Å²) in [4.78, 5) is 24.1. The summed E-state index contributed by atoms with van der Waals surface area (Å²) in [6.07, 6.45) is 6.89. The third kappa shape index (κ3) is 5.44. The molecule has 3 atom stereocenters. The summed E-state index contributed by atoms with van der Waals surface area (Å²) in [5.74, 6) is -1.21. The second-order valence-electron chi connectivity index (χ2n) is 6.43. The Morgan fingerprint density at radius 3 is 2.58 bits per heavy atom. The smallest absolute Gasteiger partial charge is 0.308 e. The highest BCUT2D eigenvalue weighted by Gasteiger charge is 2.30. The van der Waals surface area contributed by atoms with Gasteiger partial charge in [-0.1, -0.05) is 37.8 Å². The monoisotopic (exact) mass is 351 g/mol. The Balaban J connectivity index is 2.10. The van der Waals surface area contributed by atoms with Crippen LogP contribution >= 0.6 is 0 Å². The molecule has 1 fully saturated rings. The van der Waals surface area contributed by atoms with Gasteiger partial charge in [-0.15, -0.1) is 0 Å². The lowest BCUT2D eigenvalue weighted by atomic mass is 9.86. The summed E-state index contributed by atoms with van der Waals surface area (Å²) in [5, 5.41) is 12.4. The van der Waals surface area contributed by atoms with Gasteiger partial charge in [0.15, 0.2) is 0 Å². The molecule has 24 heavy (non-hydrogen) atoms. The highest BCUT2D eigenvalue weighted by Crippen LogP contribution is 2.23. The van der Waals surface area contributed by atoms with E-state index in [1.54, 1.807) is 24.5 Å². The molecule has 1 aliphatic rings. The molecular formula is C18H25NO4S. The van der Waals surface area contributed by atoms with Gasteiger partial charge >= 0.3 is 5.97 Å². The highest BCUT2D eigenvalue weighted by atomic mass is 32.2. The molecule has 1 saturated carbocycles.